The minimum atomic E-state index is -3.98. The van der Waals surface area contributed by atoms with Gasteiger partial charge >= 0.3 is 15.2 Å². The van der Waals surface area contributed by atoms with Crippen LogP contribution in [0.5, 0.6) is 0 Å². The first-order valence-electron chi connectivity index (χ1n) is 11.0. The van der Waals surface area contributed by atoms with Gasteiger partial charge in [0.15, 0.2) is 0 Å². The third-order valence-corrected chi connectivity index (χ3v) is 9.50. The highest BCUT2D eigenvalue weighted by molar-refractivity contribution is 7.69. The minimum Gasteiger partial charge on any atom is -0.388 e. The van der Waals surface area contributed by atoms with Crippen molar-refractivity contribution in [3.8, 4) is 0 Å². The van der Waals surface area contributed by atoms with E-state index < -0.39 is 27.1 Å². The molecule has 0 aliphatic carbocycles. The van der Waals surface area contributed by atoms with Gasteiger partial charge in [-0.1, -0.05) is 18.2 Å². The Morgan fingerprint density at radius 1 is 0.818 bits per heavy atom. The van der Waals surface area contributed by atoms with Crippen LogP contribution < -0.4 is 10.6 Å². The Hall–Kier alpha value is -1.37. The first kappa shape index (κ1) is 27.9. The van der Waals surface area contributed by atoms with Crippen LogP contribution in [0.3, 0.4) is 0 Å². The summed E-state index contributed by atoms with van der Waals surface area (Å²) in [5.41, 5.74) is 1.62. The lowest BCUT2D eigenvalue weighted by Gasteiger charge is -2.28. The Balaban J connectivity index is 2.78. The van der Waals surface area contributed by atoms with E-state index in [1.165, 1.54) is 24.3 Å². The standard InChI is InChI=1S/C23H33FO7P2/c1-6-28-32(26,29-7-2)22-15-10-17(5)20(23(22)33(27,30-8-3)31-9-4)16-21(25)18-11-13-19(24)14-12-18/h10-15,21,25H,6-9,16H2,1-5H3. The Morgan fingerprint density at radius 2 is 1.30 bits per heavy atom. The number of halogens is 1. The van der Waals surface area contributed by atoms with Gasteiger partial charge in [-0.15, -0.1) is 0 Å². The summed E-state index contributed by atoms with van der Waals surface area (Å²) in [6, 6.07) is 8.73. The van der Waals surface area contributed by atoms with E-state index in [1.807, 2.05) is 0 Å². The maximum Gasteiger partial charge on any atom is 0.362 e. The van der Waals surface area contributed by atoms with E-state index in [-0.39, 0.29) is 43.5 Å². The zero-order valence-corrected chi connectivity index (χ0v) is 21.5. The van der Waals surface area contributed by atoms with E-state index in [4.69, 9.17) is 18.1 Å². The molecule has 184 valence electrons. The second-order valence-corrected chi connectivity index (χ2v) is 11.1. The molecule has 0 saturated heterocycles. The van der Waals surface area contributed by atoms with Crippen LogP contribution in [0.4, 0.5) is 4.39 Å². The average molecular weight is 502 g/mol. The lowest BCUT2D eigenvalue weighted by atomic mass is 9.98. The monoisotopic (exact) mass is 502 g/mol. The van der Waals surface area contributed by atoms with Gasteiger partial charge < -0.3 is 23.2 Å². The number of hydrogen-bond donors (Lipinski definition) is 1. The van der Waals surface area contributed by atoms with E-state index >= 15 is 0 Å². The van der Waals surface area contributed by atoms with E-state index in [1.54, 1.807) is 46.8 Å². The lowest BCUT2D eigenvalue weighted by Crippen LogP contribution is -2.33. The van der Waals surface area contributed by atoms with E-state index in [2.05, 4.69) is 0 Å². The summed E-state index contributed by atoms with van der Waals surface area (Å²) in [6.45, 7) is 8.88. The molecular weight excluding hydrogens is 469 g/mol. The molecule has 0 aliphatic rings. The number of aliphatic hydroxyl groups is 1. The minimum absolute atomic E-state index is 0.00300. The Labute approximate surface area is 195 Å². The Morgan fingerprint density at radius 3 is 1.79 bits per heavy atom. The maximum atomic E-state index is 14.0. The topological polar surface area (TPSA) is 91.3 Å². The molecule has 0 saturated carbocycles. The molecule has 0 amide bonds. The van der Waals surface area contributed by atoms with E-state index in [0.717, 1.165) is 0 Å². The molecule has 33 heavy (non-hydrogen) atoms. The normalized spacial score (nSPS) is 13.3. The van der Waals surface area contributed by atoms with Gasteiger partial charge in [-0.2, -0.15) is 0 Å². The second-order valence-electron chi connectivity index (χ2n) is 7.17. The van der Waals surface area contributed by atoms with Crippen LogP contribution in [0, 0.1) is 12.7 Å². The van der Waals surface area contributed by atoms with Crippen LogP contribution >= 0.6 is 15.2 Å². The summed E-state index contributed by atoms with van der Waals surface area (Å²) in [4.78, 5) is 0. The molecule has 0 aromatic heterocycles. The van der Waals surface area contributed by atoms with Crippen LogP contribution in [0.15, 0.2) is 36.4 Å². The van der Waals surface area contributed by atoms with Gasteiger partial charge in [0.05, 0.1) is 43.1 Å². The van der Waals surface area contributed by atoms with Crippen molar-refractivity contribution in [2.75, 3.05) is 26.4 Å². The van der Waals surface area contributed by atoms with Gasteiger partial charge in [0.25, 0.3) is 0 Å². The van der Waals surface area contributed by atoms with Crippen molar-refractivity contribution < 1.29 is 36.7 Å². The molecule has 1 unspecified atom stereocenters. The van der Waals surface area contributed by atoms with E-state index in [9.17, 15) is 18.6 Å². The molecule has 1 atom stereocenters. The average Bonchev–Trinajstić information content (AvgIpc) is 2.76. The molecule has 2 aromatic rings. The summed E-state index contributed by atoms with van der Waals surface area (Å²) >= 11 is 0. The molecule has 0 aliphatic heterocycles. The summed E-state index contributed by atoms with van der Waals surface area (Å²) in [5, 5.41) is 11.1. The molecule has 0 bridgehead atoms. The number of aliphatic hydroxyl groups excluding tert-OH is 1. The highest BCUT2D eigenvalue weighted by Crippen LogP contribution is 2.54. The van der Waals surface area contributed by atoms with Crippen molar-refractivity contribution >= 4 is 25.8 Å². The van der Waals surface area contributed by atoms with Crippen molar-refractivity contribution in [3.05, 3.63) is 58.9 Å². The fourth-order valence-electron chi connectivity index (χ4n) is 3.53. The molecule has 1 N–H and O–H groups in total. The first-order chi connectivity index (χ1) is 15.7. The quantitative estimate of drug-likeness (QED) is 0.377. The molecule has 10 heteroatoms. The molecule has 0 spiro atoms. The summed E-state index contributed by atoms with van der Waals surface area (Å²) < 4.78 is 63.5. The van der Waals surface area contributed by atoms with Crippen molar-refractivity contribution in [2.24, 2.45) is 0 Å². The number of benzene rings is 2. The zero-order chi connectivity index (χ0) is 24.6. The predicted octanol–water partition coefficient (Wildman–Crippen LogP) is 5.19. The zero-order valence-electron chi connectivity index (χ0n) is 19.7. The fraction of sp³-hybridized carbons (Fsp3) is 0.478. The highest BCUT2D eigenvalue weighted by Gasteiger charge is 2.41. The highest BCUT2D eigenvalue weighted by atomic mass is 31.2. The Kier molecular flexibility index (Phi) is 10.4. The summed E-state index contributed by atoms with van der Waals surface area (Å²) in [6.07, 6.45) is -1.04. The van der Waals surface area contributed by atoms with Gasteiger partial charge in [0.1, 0.15) is 5.82 Å². The second kappa shape index (κ2) is 12.4. The van der Waals surface area contributed by atoms with Crippen molar-refractivity contribution in [3.63, 3.8) is 0 Å². The SMILES string of the molecule is CCOP(=O)(OCC)c1ccc(C)c(CC(O)c2ccc(F)cc2)c1P(=O)(OCC)OCC. The van der Waals surface area contributed by atoms with Gasteiger partial charge in [-0.05, 0) is 69.5 Å². The lowest BCUT2D eigenvalue weighted by molar-refractivity contribution is 0.178. The van der Waals surface area contributed by atoms with Gasteiger partial charge in [0, 0.05) is 6.42 Å². The van der Waals surface area contributed by atoms with Gasteiger partial charge in [0.2, 0.25) is 0 Å². The molecule has 0 heterocycles. The fourth-order valence-corrected chi connectivity index (χ4v) is 7.91. The number of rotatable bonds is 13. The number of hydrogen-bond acceptors (Lipinski definition) is 7. The first-order valence-corrected chi connectivity index (χ1v) is 14.1. The summed E-state index contributed by atoms with van der Waals surface area (Å²) in [5.74, 6) is -0.420. The van der Waals surface area contributed by atoms with Crippen molar-refractivity contribution in [1.82, 2.24) is 0 Å². The number of aryl methyl sites for hydroxylation is 1. The van der Waals surface area contributed by atoms with Crippen LogP contribution in [0.25, 0.3) is 0 Å². The molecule has 7 nitrogen and oxygen atoms in total. The largest absolute Gasteiger partial charge is 0.388 e. The predicted molar refractivity (Wildman–Crippen MR) is 127 cm³/mol. The van der Waals surface area contributed by atoms with Gasteiger partial charge in [-0.3, -0.25) is 9.13 Å². The third-order valence-electron chi connectivity index (χ3n) is 4.91. The molecule has 2 rings (SSSR count). The van der Waals surface area contributed by atoms with Gasteiger partial charge in [-0.25, -0.2) is 4.39 Å². The molecule has 2 aromatic carbocycles. The van der Waals surface area contributed by atoms with Crippen LogP contribution in [-0.4, -0.2) is 31.5 Å². The molecular formula is C23H33FO7P2. The third kappa shape index (κ3) is 6.61. The van der Waals surface area contributed by atoms with Crippen LogP contribution in [-0.2, 0) is 33.6 Å². The maximum absolute atomic E-state index is 14.0. The smallest absolute Gasteiger partial charge is 0.362 e. The summed E-state index contributed by atoms with van der Waals surface area (Å²) in [7, 11) is -7.86. The van der Waals surface area contributed by atoms with E-state index in [0.29, 0.717) is 16.7 Å². The molecule has 0 fully saturated rings. The Bertz CT molecular complexity index is 991. The van der Waals surface area contributed by atoms with Crippen molar-refractivity contribution in [1.29, 1.82) is 0 Å². The molecule has 0 radical (unpaired) electrons. The van der Waals surface area contributed by atoms with Crippen molar-refractivity contribution in [2.45, 2.75) is 47.1 Å². The van der Waals surface area contributed by atoms with Crippen LogP contribution in [0.1, 0.15) is 50.5 Å². The van der Waals surface area contributed by atoms with Crippen LogP contribution in [0.2, 0.25) is 0 Å².